The maximum atomic E-state index is 14.0. The molecular formula is C14H14FNO4S. The molecule has 0 aliphatic carbocycles. The van der Waals surface area contributed by atoms with E-state index >= 15 is 0 Å². The van der Waals surface area contributed by atoms with Crippen molar-refractivity contribution in [1.82, 2.24) is 4.98 Å². The molecule has 0 saturated carbocycles. The highest BCUT2D eigenvalue weighted by atomic mass is 32.2. The number of rotatable bonds is 5. The number of carbonyl (C=O) groups excluding carboxylic acids is 1. The first-order valence-electron chi connectivity index (χ1n) is 6.34. The average Bonchev–Trinajstić information content (AvgIpc) is 2.46. The molecule has 1 heterocycles. The quantitative estimate of drug-likeness (QED) is 0.651. The Morgan fingerprint density at radius 1 is 1.48 bits per heavy atom. The Bertz CT molecular complexity index is 729. The van der Waals surface area contributed by atoms with Crippen LogP contribution in [0.1, 0.15) is 17.3 Å². The van der Waals surface area contributed by atoms with E-state index in [2.05, 4.69) is 4.98 Å². The van der Waals surface area contributed by atoms with Gasteiger partial charge in [0.05, 0.1) is 24.1 Å². The number of thioether (sulfide) groups is 1. The van der Waals surface area contributed by atoms with Gasteiger partial charge in [-0.3, -0.25) is 4.79 Å². The zero-order valence-electron chi connectivity index (χ0n) is 11.3. The van der Waals surface area contributed by atoms with Crippen molar-refractivity contribution in [2.24, 2.45) is 0 Å². The molecule has 0 spiro atoms. The first kappa shape index (κ1) is 15.5. The Morgan fingerprint density at radius 3 is 2.90 bits per heavy atom. The van der Waals surface area contributed by atoms with E-state index in [1.165, 1.54) is 23.9 Å². The van der Waals surface area contributed by atoms with Crippen LogP contribution in [0, 0.1) is 5.82 Å². The molecule has 5 nitrogen and oxygen atoms in total. The zero-order chi connectivity index (χ0) is 15.4. The summed E-state index contributed by atoms with van der Waals surface area (Å²) in [6, 6.07) is 2.78. The van der Waals surface area contributed by atoms with Crippen LogP contribution >= 0.6 is 11.8 Å². The predicted octanol–water partition coefficient (Wildman–Crippen LogP) is 1.93. The number of fused-ring (bicyclic) bond motifs is 1. The number of aromatic nitrogens is 1. The molecule has 2 rings (SSSR count). The van der Waals surface area contributed by atoms with Gasteiger partial charge in [0.15, 0.2) is 0 Å². The van der Waals surface area contributed by atoms with Crippen LogP contribution in [0.15, 0.2) is 28.0 Å². The van der Waals surface area contributed by atoms with E-state index < -0.39 is 17.2 Å². The molecule has 21 heavy (non-hydrogen) atoms. The molecule has 0 saturated heterocycles. The number of aromatic amines is 1. The van der Waals surface area contributed by atoms with Crippen molar-refractivity contribution in [3.05, 3.63) is 39.9 Å². The molecule has 0 amide bonds. The smallest absolute Gasteiger partial charge is 0.343 e. The minimum atomic E-state index is -0.741. The molecule has 112 valence electrons. The van der Waals surface area contributed by atoms with Gasteiger partial charge >= 0.3 is 5.97 Å². The third-order valence-electron chi connectivity index (χ3n) is 2.77. The van der Waals surface area contributed by atoms with E-state index in [-0.39, 0.29) is 29.7 Å². The molecule has 0 unspecified atom stereocenters. The standard InChI is InChI=1S/C14H14FNO4S/c1-2-20-14(19)10-7-16-12-9(13(10)18)5-8(6-11(12)15)21-4-3-17/h5-7,17H,2-4H2,1H3,(H,16,18). The second-order valence-electron chi connectivity index (χ2n) is 4.15. The summed E-state index contributed by atoms with van der Waals surface area (Å²) in [5.74, 6) is -0.935. The fourth-order valence-electron chi connectivity index (χ4n) is 1.87. The average molecular weight is 311 g/mol. The number of H-pyrrole nitrogens is 1. The van der Waals surface area contributed by atoms with E-state index in [0.717, 1.165) is 6.20 Å². The van der Waals surface area contributed by atoms with Crippen molar-refractivity contribution in [3.8, 4) is 0 Å². The number of hydrogen-bond donors (Lipinski definition) is 2. The predicted molar refractivity (Wildman–Crippen MR) is 78.3 cm³/mol. The lowest BCUT2D eigenvalue weighted by Gasteiger charge is -2.06. The summed E-state index contributed by atoms with van der Waals surface area (Å²) in [4.78, 5) is 27.1. The van der Waals surface area contributed by atoms with Crippen molar-refractivity contribution < 1.29 is 19.0 Å². The summed E-state index contributed by atoms with van der Waals surface area (Å²) in [5.41, 5.74) is -0.693. The van der Waals surface area contributed by atoms with Crippen LogP contribution in [0.5, 0.6) is 0 Å². The SMILES string of the molecule is CCOC(=O)c1c[nH]c2c(F)cc(SCCO)cc2c1=O. The Kier molecular flexibility index (Phi) is 4.98. The summed E-state index contributed by atoms with van der Waals surface area (Å²) in [6.07, 6.45) is 1.16. The van der Waals surface area contributed by atoms with Gasteiger partial charge < -0.3 is 14.8 Å². The molecule has 1 aromatic heterocycles. The van der Waals surface area contributed by atoms with Gasteiger partial charge in [-0.15, -0.1) is 11.8 Å². The normalized spacial score (nSPS) is 10.8. The Morgan fingerprint density at radius 2 is 2.24 bits per heavy atom. The highest BCUT2D eigenvalue weighted by Crippen LogP contribution is 2.23. The van der Waals surface area contributed by atoms with Gasteiger partial charge in [0.2, 0.25) is 5.43 Å². The van der Waals surface area contributed by atoms with Crippen LogP contribution in [0.3, 0.4) is 0 Å². The molecular weight excluding hydrogens is 297 g/mol. The van der Waals surface area contributed by atoms with Gasteiger partial charge in [0, 0.05) is 16.8 Å². The maximum absolute atomic E-state index is 14.0. The summed E-state index contributed by atoms with van der Waals surface area (Å²) < 4.78 is 18.8. The van der Waals surface area contributed by atoms with Crippen LogP contribution < -0.4 is 5.43 Å². The number of halogens is 1. The van der Waals surface area contributed by atoms with Crippen LogP contribution in [0.2, 0.25) is 0 Å². The highest BCUT2D eigenvalue weighted by molar-refractivity contribution is 7.99. The summed E-state index contributed by atoms with van der Waals surface area (Å²) in [6.45, 7) is 1.73. The number of ether oxygens (including phenoxy) is 1. The number of carbonyl (C=O) groups is 1. The third kappa shape index (κ3) is 3.25. The maximum Gasteiger partial charge on any atom is 0.343 e. The number of hydrogen-bond acceptors (Lipinski definition) is 5. The van der Waals surface area contributed by atoms with Crippen molar-refractivity contribution in [3.63, 3.8) is 0 Å². The second-order valence-corrected chi connectivity index (χ2v) is 5.32. The van der Waals surface area contributed by atoms with Crippen LogP contribution in [-0.4, -0.2) is 35.0 Å². The van der Waals surface area contributed by atoms with E-state index in [1.54, 1.807) is 6.92 Å². The Hall–Kier alpha value is -1.86. The van der Waals surface area contributed by atoms with Gasteiger partial charge in [-0.2, -0.15) is 0 Å². The lowest BCUT2D eigenvalue weighted by molar-refractivity contribution is 0.0524. The molecule has 7 heteroatoms. The van der Waals surface area contributed by atoms with Crippen LogP contribution in [-0.2, 0) is 4.74 Å². The second kappa shape index (κ2) is 6.73. The number of aliphatic hydroxyl groups excluding tert-OH is 1. The minimum Gasteiger partial charge on any atom is -0.462 e. The molecule has 2 aromatic rings. The Balaban J connectivity index is 2.56. The van der Waals surface area contributed by atoms with Crippen LogP contribution in [0.25, 0.3) is 10.9 Å². The molecule has 0 radical (unpaired) electrons. The molecule has 0 aliphatic rings. The lowest BCUT2D eigenvalue weighted by Crippen LogP contribution is -2.18. The number of aliphatic hydroxyl groups is 1. The van der Waals surface area contributed by atoms with Gasteiger partial charge in [0.1, 0.15) is 11.4 Å². The van der Waals surface area contributed by atoms with Crippen molar-refractivity contribution in [1.29, 1.82) is 0 Å². The van der Waals surface area contributed by atoms with Crippen molar-refractivity contribution in [2.75, 3.05) is 19.0 Å². The first-order chi connectivity index (χ1) is 10.1. The fourth-order valence-corrected chi connectivity index (χ4v) is 2.58. The fraction of sp³-hybridized carbons (Fsp3) is 0.286. The van der Waals surface area contributed by atoms with Crippen molar-refractivity contribution >= 4 is 28.6 Å². The number of benzene rings is 1. The van der Waals surface area contributed by atoms with E-state index in [9.17, 15) is 14.0 Å². The number of pyridine rings is 1. The topological polar surface area (TPSA) is 79.4 Å². The number of nitrogens with one attached hydrogen (secondary N) is 1. The van der Waals surface area contributed by atoms with Crippen molar-refractivity contribution in [2.45, 2.75) is 11.8 Å². The largest absolute Gasteiger partial charge is 0.462 e. The highest BCUT2D eigenvalue weighted by Gasteiger charge is 2.16. The van der Waals surface area contributed by atoms with E-state index in [0.29, 0.717) is 10.6 Å². The summed E-state index contributed by atoms with van der Waals surface area (Å²) >= 11 is 1.22. The Labute approximate surface area is 124 Å². The molecule has 0 fully saturated rings. The third-order valence-corrected chi connectivity index (χ3v) is 3.72. The molecule has 2 N–H and O–H groups in total. The lowest BCUT2D eigenvalue weighted by atomic mass is 10.1. The molecule has 0 atom stereocenters. The van der Waals surface area contributed by atoms with Crippen LogP contribution in [0.4, 0.5) is 4.39 Å². The zero-order valence-corrected chi connectivity index (χ0v) is 12.1. The summed E-state index contributed by atoms with van der Waals surface area (Å²) in [7, 11) is 0. The first-order valence-corrected chi connectivity index (χ1v) is 7.32. The van der Waals surface area contributed by atoms with E-state index in [1.807, 2.05) is 0 Å². The van der Waals surface area contributed by atoms with Gasteiger partial charge in [-0.05, 0) is 19.1 Å². The molecule has 0 aliphatic heterocycles. The summed E-state index contributed by atoms with van der Waals surface area (Å²) in [5, 5.41) is 8.88. The monoisotopic (exact) mass is 311 g/mol. The van der Waals surface area contributed by atoms with Gasteiger partial charge in [0.25, 0.3) is 0 Å². The van der Waals surface area contributed by atoms with Gasteiger partial charge in [-0.25, -0.2) is 9.18 Å². The molecule has 0 bridgehead atoms. The molecule has 1 aromatic carbocycles. The van der Waals surface area contributed by atoms with E-state index in [4.69, 9.17) is 9.84 Å². The number of esters is 1. The van der Waals surface area contributed by atoms with Gasteiger partial charge in [-0.1, -0.05) is 0 Å². The minimum absolute atomic E-state index is 0.0430.